The lowest BCUT2D eigenvalue weighted by atomic mass is 9.98. The van der Waals surface area contributed by atoms with Crippen LogP contribution in [0.15, 0.2) is 24.3 Å². The van der Waals surface area contributed by atoms with E-state index in [4.69, 9.17) is 0 Å². The second kappa shape index (κ2) is 7.31. The van der Waals surface area contributed by atoms with Gasteiger partial charge in [0.25, 0.3) is 0 Å². The molecule has 7 nitrogen and oxygen atoms in total. The SMILES string of the molecule is O=C1N[C@H]2[C@H](CS[C@H]2CCCCC(=O)N2CC(c3nc4ccccc4[nH]3)C2)N1. The third-order valence-corrected chi connectivity index (χ3v) is 7.60. The number of benzene rings is 1. The fraction of sp³-hybridized carbons (Fsp3) is 0.550. The standard InChI is InChI=1S/C20H25N5O2S/c26-17(8-4-3-7-16-18-15(11-28-16)23-20(27)24-18)25-9-12(10-25)19-21-13-5-1-2-6-14(13)22-19/h1-2,5-6,12,15-16,18H,3-4,7-11H2,(H,21,22)(H2,23,24,27)/t15-,16-,18-/m0/s1. The van der Waals surface area contributed by atoms with Crippen LogP contribution in [0.25, 0.3) is 11.0 Å². The van der Waals surface area contributed by atoms with Gasteiger partial charge in [0.1, 0.15) is 5.82 Å². The van der Waals surface area contributed by atoms with E-state index in [2.05, 4.69) is 20.6 Å². The van der Waals surface area contributed by atoms with Crippen LogP contribution < -0.4 is 10.6 Å². The van der Waals surface area contributed by atoms with E-state index in [9.17, 15) is 9.59 Å². The molecule has 0 spiro atoms. The summed E-state index contributed by atoms with van der Waals surface area (Å²) >= 11 is 1.93. The molecule has 0 saturated carbocycles. The Bertz CT molecular complexity index is 861. The number of likely N-dealkylation sites (tertiary alicyclic amines) is 1. The molecule has 0 unspecified atom stereocenters. The third-order valence-electron chi connectivity index (χ3n) is 6.10. The van der Waals surface area contributed by atoms with E-state index >= 15 is 0 Å². The molecule has 8 heteroatoms. The van der Waals surface area contributed by atoms with E-state index in [1.165, 1.54) is 0 Å². The van der Waals surface area contributed by atoms with Gasteiger partial charge in [-0.25, -0.2) is 9.78 Å². The molecular weight excluding hydrogens is 374 g/mol. The topological polar surface area (TPSA) is 90.1 Å². The van der Waals surface area contributed by atoms with E-state index in [1.807, 2.05) is 40.9 Å². The number of H-pyrrole nitrogens is 1. The second-order valence-corrected chi connectivity index (χ2v) is 9.27. The van der Waals surface area contributed by atoms with Crippen LogP contribution in [0, 0.1) is 0 Å². The van der Waals surface area contributed by atoms with Crippen molar-refractivity contribution in [3.63, 3.8) is 0 Å². The number of rotatable bonds is 6. The van der Waals surface area contributed by atoms with Gasteiger partial charge in [0.15, 0.2) is 0 Å². The number of para-hydroxylation sites is 2. The van der Waals surface area contributed by atoms with Gasteiger partial charge >= 0.3 is 6.03 Å². The van der Waals surface area contributed by atoms with Crippen LogP contribution in [-0.4, -0.2) is 63.0 Å². The van der Waals surface area contributed by atoms with Gasteiger partial charge in [-0.3, -0.25) is 4.79 Å². The van der Waals surface area contributed by atoms with Gasteiger partial charge in [0, 0.05) is 30.5 Å². The molecule has 148 valence electrons. The molecule has 0 radical (unpaired) electrons. The highest BCUT2D eigenvalue weighted by Gasteiger charge is 2.42. The molecule has 3 amide bonds. The molecule has 2 aromatic rings. The quantitative estimate of drug-likeness (QED) is 0.513. The summed E-state index contributed by atoms with van der Waals surface area (Å²) in [7, 11) is 0. The smallest absolute Gasteiger partial charge is 0.315 e. The van der Waals surface area contributed by atoms with Gasteiger partial charge in [-0.2, -0.15) is 11.8 Å². The molecule has 1 aromatic carbocycles. The molecule has 3 aliphatic rings. The molecule has 0 bridgehead atoms. The van der Waals surface area contributed by atoms with Gasteiger partial charge in [-0.05, 0) is 25.0 Å². The van der Waals surface area contributed by atoms with Crippen LogP contribution >= 0.6 is 11.8 Å². The molecule has 3 saturated heterocycles. The van der Waals surface area contributed by atoms with Crippen molar-refractivity contribution in [3.05, 3.63) is 30.1 Å². The van der Waals surface area contributed by atoms with Crippen molar-refractivity contribution in [3.8, 4) is 0 Å². The fourth-order valence-corrected chi connectivity index (χ4v) is 5.99. The molecule has 1 aromatic heterocycles. The number of unbranched alkanes of at least 4 members (excludes halogenated alkanes) is 1. The maximum Gasteiger partial charge on any atom is 0.315 e. The van der Waals surface area contributed by atoms with Crippen molar-refractivity contribution in [2.45, 2.75) is 48.9 Å². The Morgan fingerprint density at radius 3 is 2.93 bits per heavy atom. The first kappa shape index (κ1) is 17.8. The minimum Gasteiger partial charge on any atom is -0.342 e. The van der Waals surface area contributed by atoms with E-state index in [1.54, 1.807) is 0 Å². The summed E-state index contributed by atoms with van der Waals surface area (Å²) < 4.78 is 0. The van der Waals surface area contributed by atoms with Crippen molar-refractivity contribution >= 4 is 34.7 Å². The number of thioether (sulfide) groups is 1. The fourth-order valence-electron chi connectivity index (χ4n) is 4.44. The first-order valence-electron chi connectivity index (χ1n) is 10.1. The maximum atomic E-state index is 12.4. The Labute approximate surface area is 168 Å². The highest BCUT2D eigenvalue weighted by atomic mass is 32.2. The van der Waals surface area contributed by atoms with Crippen LogP contribution in [-0.2, 0) is 4.79 Å². The number of fused-ring (bicyclic) bond motifs is 2. The zero-order valence-corrected chi connectivity index (χ0v) is 16.5. The van der Waals surface area contributed by atoms with Gasteiger partial charge in [0.2, 0.25) is 5.91 Å². The molecule has 3 N–H and O–H groups in total. The summed E-state index contributed by atoms with van der Waals surface area (Å²) in [6.07, 6.45) is 3.62. The predicted molar refractivity (Wildman–Crippen MR) is 109 cm³/mol. The highest BCUT2D eigenvalue weighted by molar-refractivity contribution is 8.00. The number of hydrogen-bond donors (Lipinski definition) is 3. The van der Waals surface area contributed by atoms with Crippen LogP contribution in [0.3, 0.4) is 0 Å². The average molecular weight is 400 g/mol. The van der Waals surface area contributed by atoms with E-state index in [-0.39, 0.29) is 24.0 Å². The van der Waals surface area contributed by atoms with Crippen molar-refractivity contribution < 1.29 is 9.59 Å². The molecule has 3 fully saturated rings. The Morgan fingerprint density at radius 2 is 2.07 bits per heavy atom. The van der Waals surface area contributed by atoms with Crippen LogP contribution in [0.1, 0.15) is 37.4 Å². The molecule has 5 rings (SSSR count). The highest BCUT2D eigenvalue weighted by Crippen LogP contribution is 2.33. The Morgan fingerprint density at radius 1 is 1.21 bits per heavy atom. The number of aromatic amines is 1. The first-order chi connectivity index (χ1) is 13.7. The number of hydrogen-bond acceptors (Lipinski definition) is 4. The molecule has 3 atom stereocenters. The van der Waals surface area contributed by atoms with Crippen LogP contribution in [0.4, 0.5) is 4.79 Å². The monoisotopic (exact) mass is 399 g/mol. The summed E-state index contributed by atoms with van der Waals surface area (Å²) in [5.74, 6) is 2.55. The number of imidazole rings is 1. The third kappa shape index (κ3) is 3.34. The number of nitrogens with zero attached hydrogens (tertiary/aromatic N) is 2. The van der Waals surface area contributed by atoms with Gasteiger partial charge in [-0.15, -0.1) is 0 Å². The number of nitrogens with one attached hydrogen (secondary N) is 3. The summed E-state index contributed by atoms with van der Waals surface area (Å²) in [5, 5.41) is 6.47. The van der Waals surface area contributed by atoms with Crippen molar-refractivity contribution in [2.75, 3.05) is 18.8 Å². The predicted octanol–water partition coefficient (Wildman–Crippen LogP) is 2.21. The summed E-state index contributed by atoms with van der Waals surface area (Å²) in [5.41, 5.74) is 2.05. The lowest BCUT2D eigenvalue weighted by molar-refractivity contribution is -0.135. The van der Waals surface area contributed by atoms with Crippen molar-refractivity contribution in [1.82, 2.24) is 25.5 Å². The number of urea groups is 1. The summed E-state index contributed by atoms with van der Waals surface area (Å²) in [6, 6.07) is 8.54. The molecular formula is C20H25N5O2S. The zero-order chi connectivity index (χ0) is 19.1. The van der Waals surface area contributed by atoms with Crippen LogP contribution in [0.2, 0.25) is 0 Å². The van der Waals surface area contributed by atoms with Crippen molar-refractivity contribution in [2.24, 2.45) is 0 Å². The van der Waals surface area contributed by atoms with Gasteiger partial charge < -0.3 is 20.5 Å². The Hall–Kier alpha value is -2.22. The zero-order valence-electron chi connectivity index (χ0n) is 15.7. The lowest BCUT2D eigenvalue weighted by Gasteiger charge is -2.38. The number of amides is 3. The number of carbonyl (C=O) groups is 2. The van der Waals surface area contributed by atoms with Crippen LogP contribution in [0.5, 0.6) is 0 Å². The van der Waals surface area contributed by atoms with E-state index < -0.39 is 0 Å². The molecule has 4 heterocycles. The molecule has 0 aliphatic carbocycles. The minimum atomic E-state index is -0.0349. The second-order valence-electron chi connectivity index (χ2n) is 8.00. The lowest BCUT2D eigenvalue weighted by Crippen LogP contribution is -2.48. The largest absolute Gasteiger partial charge is 0.342 e. The average Bonchev–Trinajstić information content (AvgIpc) is 3.31. The number of aromatic nitrogens is 2. The summed E-state index contributed by atoms with van der Waals surface area (Å²) in [4.78, 5) is 33.8. The molecule has 28 heavy (non-hydrogen) atoms. The van der Waals surface area contributed by atoms with E-state index in [0.717, 1.165) is 55.0 Å². The van der Waals surface area contributed by atoms with E-state index in [0.29, 0.717) is 17.6 Å². The summed E-state index contributed by atoms with van der Waals surface area (Å²) in [6.45, 7) is 1.52. The first-order valence-corrected chi connectivity index (χ1v) is 11.1. The Balaban J connectivity index is 1.03. The Kier molecular flexibility index (Phi) is 4.66. The molecule has 3 aliphatic heterocycles. The van der Waals surface area contributed by atoms with Gasteiger partial charge in [-0.1, -0.05) is 18.6 Å². The number of carbonyl (C=O) groups excluding carboxylic acids is 2. The normalized spacial score (nSPS) is 26.8. The maximum absolute atomic E-state index is 12.4. The minimum absolute atomic E-state index is 0.0349. The van der Waals surface area contributed by atoms with Crippen molar-refractivity contribution in [1.29, 1.82) is 0 Å². The van der Waals surface area contributed by atoms with Gasteiger partial charge in [0.05, 0.1) is 29.0 Å².